The number of amides is 2. The molecule has 2 aromatic rings. The highest BCUT2D eigenvalue weighted by atomic mass is 16.2. The molecule has 1 aliphatic carbocycles. The van der Waals surface area contributed by atoms with E-state index in [1.165, 1.54) is 25.7 Å². The highest BCUT2D eigenvalue weighted by molar-refractivity contribution is 5.98. The van der Waals surface area contributed by atoms with Gasteiger partial charge in [-0.1, -0.05) is 12.8 Å². The molecule has 1 aliphatic rings. The molecule has 0 saturated heterocycles. The highest BCUT2D eigenvalue weighted by Crippen LogP contribution is 2.33. The number of aromatic amines is 1. The summed E-state index contributed by atoms with van der Waals surface area (Å²) in [5.74, 6) is 1.61. The molecule has 3 N–H and O–H groups in total. The number of aryl methyl sites for hydroxylation is 1. The number of carbonyl (C=O) groups excluding carboxylic acids is 1. The van der Waals surface area contributed by atoms with E-state index in [1.807, 2.05) is 6.07 Å². The third-order valence-corrected chi connectivity index (χ3v) is 3.59. The van der Waals surface area contributed by atoms with E-state index >= 15 is 0 Å². The normalized spacial score (nSPS) is 15.4. The fraction of sp³-hybridized carbons (Fsp3) is 0.462. The van der Waals surface area contributed by atoms with Crippen molar-refractivity contribution in [2.75, 3.05) is 10.6 Å². The maximum atomic E-state index is 11.8. The molecule has 7 nitrogen and oxygen atoms in total. The van der Waals surface area contributed by atoms with Crippen LogP contribution in [0.3, 0.4) is 0 Å². The fourth-order valence-electron chi connectivity index (χ4n) is 2.59. The average molecular weight is 274 g/mol. The zero-order valence-corrected chi connectivity index (χ0v) is 11.4. The number of H-pyrrole nitrogens is 1. The van der Waals surface area contributed by atoms with Crippen LogP contribution in [0, 0.1) is 0 Å². The lowest BCUT2D eigenvalue weighted by Crippen LogP contribution is -2.20. The van der Waals surface area contributed by atoms with Crippen LogP contribution in [0.25, 0.3) is 0 Å². The van der Waals surface area contributed by atoms with E-state index in [2.05, 4.69) is 25.9 Å². The lowest BCUT2D eigenvalue weighted by atomic mass is 10.0. The minimum Gasteiger partial charge on any atom is -0.291 e. The van der Waals surface area contributed by atoms with Crippen LogP contribution in [0.2, 0.25) is 0 Å². The fourth-order valence-corrected chi connectivity index (χ4v) is 2.59. The van der Waals surface area contributed by atoms with Gasteiger partial charge in [0.25, 0.3) is 0 Å². The molecule has 1 saturated carbocycles. The lowest BCUT2D eigenvalue weighted by molar-refractivity contribution is 0.262. The molecule has 0 unspecified atom stereocenters. The number of nitrogens with zero attached hydrogens (tertiary/aromatic N) is 3. The van der Waals surface area contributed by atoms with E-state index in [9.17, 15) is 4.79 Å². The van der Waals surface area contributed by atoms with Gasteiger partial charge in [0.1, 0.15) is 0 Å². The zero-order valence-electron chi connectivity index (χ0n) is 11.4. The third kappa shape index (κ3) is 2.81. The van der Waals surface area contributed by atoms with Gasteiger partial charge in [0, 0.05) is 37.0 Å². The Kier molecular flexibility index (Phi) is 3.41. The molecule has 0 aromatic carbocycles. The second kappa shape index (κ2) is 5.36. The average Bonchev–Trinajstić information content (AvgIpc) is 3.10. The first kappa shape index (κ1) is 12.7. The molecule has 2 aromatic heterocycles. The summed E-state index contributed by atoms with van der Waals surface area (Å²) in [6.45, 7) is 0. The second-order valence-corrected chi connectivity index (χ2v) is 5.14. The summed E-state index contributed by atoms with van der Waals surface area (Å²) in [5.41, 5.74) is 1.11. The summed E-state index contributed by atoms with van der Waals surface area (Å²) >= 11 is 0. The first-order valence-corrected chi connectivity index (χ1v) is 6.83. The van der Waals surface area contributed by atoms with Gasteiger partial charge in [-0.05, 0) is 12.8 Å². The van der Waals surface area contributed by atoms with Crippen molar-refractivity contribution < 1.29 is 4.79 Å². The molecule has 0 spiro atoms. The molecule has 0 atom stereocenters. The molecule has 7 heteroatoms. The number of carbonyl (C=O) groups is 1. The number of hydrogen-bond donors (Lipinski definition) is 3. The molecule has 0 aliphatic heterocycles. The van der Waals surface area contributed by atoms with Gasteiger partial charge in [0.15, 0.2) is 11.6 Å². The van der Waals surface area contributed by atoms with Crippen molar-refractivity contribution in [1.82, 2.24) is 20.0 Å². The summed E-state index contributed by atoms with van der Waals surface area (Å²) in [7, 11) is 1.80. The van der Waals surface area contributed by atoms with Crippen molar-refractivity contribution in [3.05, 3.63) is 24.0 Å². The van der Waals surface area contributed by atoms with Crippen LogP contribution in [0.1, 0.15) is 37.3 Å². The number of hydrogen-bond acceptors (Lipinski definition) is 3. The molecule has 20 heavy (non-hydrogen) atoms. The lowest BCUT2D eigenvalue weighted by Gasteiger charge is -2.03. The molecule has 3 rings (SSSR count). The van der Waals surface area contributed by atoms with Crippen molar-refractivity contribution in [2.24, 2.45) is 7.05 Å². The van der Waals surface area contributed by atoms with Gasteiger partial charge in [-0.15, -0.1) is 0 Å². The molecule has 106 valence electrons. The van der Waals surface area contributed by atoms with E-state index in [-0.39, 0.29) is 6.03 Å². The van der Waals surface area contributed by atoms with E-state index in [0.717, 1.165) is 5.69 Å². The van der Waals surface area contributed by atoms with Gasteiger partial charge in [-0.3, -0.25) is 20.4 Å². The van der Waals surface area contributed by atoms with Gasteiger partial charge in [-0.2, -0.15) is 10.2 Å². The summed E-state index contributed by atoms with van der Waals surface area (Å²) in [4.78, 5) is 11.8. The molecule has 2 amide bonds. The summed E-state index contributed by atoms with van der Waals surface area (Å²) < 4.78 is 1.63. The van der Waals surface area contributed by atoms with Crippen molar-refractivity contribution in [1.29, 1.82) is 0 Å². The quantitative estimate of drug-likeness (QED) is 0.803. The van der Waals surface area contributed by atoms with Crippen LogP contribution in [0.5, 0.6) is 0 Å². The van der Waals surface area contributed by atoms with Gasteiger partial charge in [0.05, 0.1) is 0 Å². The Hall–Kier alpha value is -2.31. The summed E-state index contributed by atoms with van der Waals surface area (Å²) in [5, 5.41) is 16.6. The minimum absolute atomic E-state index is 0.340. The Morgan fingerprint density at radius 1 is 1.35 bits per heavy atom. The predicted octanol–water partition coefficient (Wildman–Crippen LogP) is 2.44. The van der Waals surface area contributed by atoms with Gasteiger partial charge >= 0.3 is 6.03 Å². The largest absolute Gasteiger partial charge is 0.326 e. The Morgan fingerprint density at radius 2 is 2.10 bits per heavy atom. The van der Waals surface area contributed by atoms with Gasteiger partial charge in [-0.25, -0.2) is 4.79 Å². The summed E-state index contributed by atoms with van der Waals surface area (Å²) in [6, 6.07) is 3.30. The maximum absolute atomic E-state index is 11.8. The molecule has 0 bridgehead atoms. The smallest absolute Gasteiger partial charge is 0.291 e. The predicted molar refractivity (Wildman–Crippen MR) is 75.6 cm³/mol. The number of aromatic nitrogens is 4. The van der Waals surface area contributed by atoms with E-state index < -0.39 is 0 Å². The SMILES string of the molecule is Cn1ccc(NC(=O)Nc2cc(C3CCCC3)[nH]n2)n1. The maximum Gasteiger partial charge on any atom is 0.326 e. The molecule has 2 heterocycles. The first-order valence-electron chi connectivity index (χ1n) is 6.83. The number of nitrogens with one attached hydrogen (secondary N) is 3. The van der Waals surface area contributed by atoms with Crippen molar-refractivity contribution in [3.63, 3.8) is 0 Å². The standard InChI is InChI=1S/C13H18N6O/c1-19-7-6-11(18-19)14-13(20)15-12-8-10(16-17-12)9-4-2-3-5-9/h6-9H,2-5H2,1H3,(H3,14,15,16,17,18,20). The minimum atomic E-state index is -0.340. The van der Waals surface area contributed by atoms with E-state index in [0.29, 0.717) is 17.6 Å². The van der Waals surface area contributed by atoms with Gasteiger partial charge in [0.2, 0.25) is 0 Å². The first-order chi connectivity index (χ1) is 9.70. The van der Waals surface area contributed by atoms with E-state index in [4.69, 9.17) is 0 Å². The monoisotopic (exact) mass is 274 g/mol. The van der Waals surface area contributed by atoms with Crippen LogP contribution < -0.4 is 10.6 Å². The van der Waals surface area contributed by atoms with Crippen LogP contribution in [-0.4, -0.2) is 26.0 Å². The number of urea groups is 1. The Morgan fingerprint density at radius 3 is 2.80 bits per heavy atom. The Bertz CT molecular complexity index is 596. The topological polar surface area (TPSA) is 87.6 Å². The second-order valence-electron chi connectivity index (χ2n) is 5.14. The van der Waals surface area contributed by atoms with Crippen molar-refractivity contribution in [3.8, 4) is 0 Å². The molecular weight excluding hydrogens is 256 g/mol. The number of anilines is 2. The van der Waals surface area contributed by atoms with Crippen LogP contribution in [0.4, 0.5) is 16.4 Å². The molecular formula is C13H18N6O. The Balaban J connectivity index is 1.58. The third-order valence-electron chi connectivity index (χ3n) is 3.59. The molecule has 0 radical (unpaired) electrons. The van der Waals surface area contributed by atoms with Crippen LogP contribution >= 0.6 is 0 Å². The number of rotatable bonds is 3. The highest BCUT2D eigenvalue weighted by Gasteiger charge is 2.19. The van der Waals surface area contributed by atoms with Crippen molar-refractivity contribution in [2.45, 2.75) is 31.6 Å². The Labute approximate surface area is 116 Å². The van der Waals surface area contributed by atoms with Crippen LogP contribution in [0.15, 0.2) is 18.3 Å². The van der Waals surface area contributed by atoms with Gasteiger partial charge < -0.3 is 0 Å². The zero-order chi connectivity index (χ0) is 13.9. The van der Waals surface area contributed by atoms with Crippen LogP contribution in [-0.2, 0) is 7.05 Å². The van der Waals surface area contributed by atoms with E-state index in [1.54, 1.807) is 24.0 Å². The summed E-state index contributed by atoms with van der Waals surface area (Å²) in [6.07, 6.45) is 6.70. The van der Waals surface area contributed by atoms with Crippen molar-refractivity contribution >= 4 is 17.7 Å². The molecule has 1 fully saturated rings.